The number of ether oxygens (including phenoxy) is 2. The van der Waals surface area contributed by atoms with Gasteiger partial charge in [0.1, 0.15) is 5.75 Å². The number of rotatable bonds is 8. The molecule has 0 radical (unpaired) electrons. The topological polar surface area (TPSA) is 55.8 Å². The van der Waals surface area contributed by atoms with Crippen molar-refractivity contribution in [1.82, 2.24) is 0 Å². The fraction of sp³-hybridized carbons (Fsp3) is 0.250. The quantitative estimate of drug-likeness (QED) is 0.447. The van der Waals surface area contributed by atoms with Gasteiger partial charge in [0.25, 0.3) is 5.91 Å². The van der Waals surface area contributed by atoms with Gasteiger partial charge in [0.15, 0.2) is 0 Å². The van der Waals surface area contributed by atoms with Crippen molar-refractivity contribution in [3.05, 3.63) is 71.2 Å². The molecule has 0 spiro atoms. The molecule has 156 valence electrons. The molecule has 0 aliphatic rings. The average molecular weight is 426 g/mol. The summed E-state index contributed by atoms with van der Waals surface area (Å²) in [7, 11) is 1.61. The number of carbonyl (C=O) groups excluding carboxylic acids is 2. The summed E-state index contributed by atoms with van der Waals surface area (Å²) >= 11 is 5.98. The zero-order valence-electron chi connectivity index (χ0n) is 17.1. The lowest BCUT2D eigenvalue weighted by Crippen LogP contribution is -2.32. The monoisotopic (exact) mass is 425 g/mol. The first-order valence-corrected chi connectivity index (χ1v) is 10.2. The van der Waals surface area contributed by atoms with Crippen LogP contribution in [0, 0.1) is 0 Å². The van der Waals surface area contributed by atoms with Crippen LogP contribution in [0.1, 0.15) is 30.1 Å². The normalized spacial score (nSPS) is 10.6. The van der Waals surface area contributed by atoms with E-state index < -0.39 is 0 Å². The van der Waals surface area contributed by atoms with Gasteiger partial charge in [-0.05, 0) is 61.2 Å². The molecule has 0 fully saturated rings. The van der Waals surface area contributed by atoms with E-state index >= 15 is 0 Å². The summed E-state index contributed by atoms with van der Waals surface area (Å²) in [6, 6.07) is 18.4. The van der Waals surface area contributed by atoms with Crippen LogP contribution < -0.4 is 9.64 Å². The second-order valence-electron chi connectivity index (χ2n) is 6.74. The van der Waals surface area contributed by atoms with Gasteiger partial charge in [0.05, 0.1) is 19.4 Å². The van der Waals surface area contributed by atoms with Crippen LogP contribution in [-0.4, -0.2) is 32.1 Å². The minimum Gasteiger partial charge on any atom is -0.497 e. The Kier molecular flexibility index (Phi) is 7.31. The van der Waals surface area contributed by atoms with Crippen LogP contribution in [0.5, 0.6) is 5.75 Å². The van der Waals surface area contributed by atoms with Gasteiger partial charge in [-0.1, -0.05) is 29.8 Å². The first kappa shape index (κ1) is 21.7. The Morgan fingerprint density at radius 3 is 2.50 bits per heavy atom. The molecule has 0 aliphatic heterocycles. The van der Waals surface area contributed by atoms with Gasteiger partial charge in [0, 0.05) is 28.9 Å². The zero-order chi connectivity index (χ0) is 21.5. The molecule has 3 rings (SSSR count). The highest BCUT2D eigenvalue weighted by Crippen LogP contribution is 2.31. The van der Waals surface area contributed by atoms with Crippen molar-refractivity contribution < 1.29 is 19.1 Å². The van der Waals surface area contributed by atoms with Gasteiger partial charge in [-0.25, -0.2) is 0 Å². The van der Waals surface area contributed by atoms with Crippen LogP contribution >= 0.6 is 11.6 Å². The molecular weight excluding hydrogens is 402 g/mol. The van der Waals surface area contributed by atoms with Crippen molar-refractivity contribution in [2.75, 3.05) is 25.2 Å². The molecule has 5 nitrogen and oxygen atoms in total. The minimum absolute atomic E-state index is 0.161. The van der Waals surface area contributed by atoms with Crippen molar-refractivity contribution in [2.24, 2.45) is 0 Å². The Balaban J connectivity index is 1.98. The van der Waals surface area contributed by atoms with E-state index in [-0.39, 0.29) is 18.3 Å². The van der Waals surface area contributed by atoms with Gasteiger partial charge in [-0.2, -0.15) is 0 Å². The standard InChI is InChI=1S/C24H24ClNO4/c1-3-30-23(27)8-5-15-26(24(28)18-9-12-19(25)13-10-18)22-7-4-6-17-11-14-20(29-2)16-21(17)22/h4,6-7,9-14,16H,3,5,8,15H2,1-2H3. The lowest BCUT2D eigenvalue weighted by Gasteiger charge is -2.25. The summed E-state index contributed by atoms with van der Waals surface area (Å²) in [5.74, 6) is 0.280. The third-order valence-corrected chi connectivity index (χ3v) is 5.01. The highest BCUT2D eigenvalue weighted by molar-refractivity contribution is 6.30. The number of halogens is 1. The van der Waals surface area contributed by atoms with Gasteiger partial charge < -0.3 is 14.4 Å². The number of carbonyl (C=O) groups is 2. The summed E-state index contributed by atoms with van der Waals surface area (Å²) in [4.78, 5) is 26.9. The summed E-state index contributed by atoms with van der Waals surface area (Å²) in [6.07, 6.45) is 0.727. The minimum atomic E-state index is -0.268. The van der Waals surface area contributed by atoms with Gasteiger partial charge in [-0.3, -0.25) is 9.59 Å². The van der Waals surface area contributed by atoms with E-state index in [4.69, 9.17) is 21.1 Å². The maximum atomic E-state index is 13.4. The lowest BCUT2D eigenvalue weighted by atomic mass is 10.1. The number of hydrogen-bond donors (Lipinski definition) is 0. The molecule has 0 aliphatic carbocycles. The van der Waals surface area contributed by atoms with Gasteiger partial charge in [0.2, 0.25) is 0 Å². The molecule has 6 heteroatoms. The number of esters is 1. The Hall–Kier alpha value is -3.05. The number of methoxy groups -OCH3 is 1. The second-order valence-corrected chi connectivity index (χ2v) is 7.17. The van der Waals surface area contributed by atoms with E-state index in [1.165, 1.54) is 0 Å². The number of anilines is 1. The number of nitrogens with zero attached hydrogens (tertiary/aromatic N) is 1. The molecule has 30 heavy (non-hydrogen) atoms. The van der Waals surface area contributed by atoms with Crippen LogP contribution in [0.4, 0.5) is 5.69 Å². The van der Waals surface area contributed by atoms with E-state index in [1.807, 2.05) is 36.4 Å². The zero-order valence-corrected chi connectivity index (χ0v) is 17.8. The van der Waals surface area contributed by atoms with E-state index in [9.17, 15) is 9.59 Å². The maximum Gasteiger partial charge on any atom is 0.305 e. The van der Waals surface area contributed by atoms with E-state index in [0.717, 1.165) is 16.5 Å². The van der Waals surface area contributed by atoms with E-state index in [1.54, 1.807) is 43.2 Å². The number of amides is 1. The summed E-state index contributed by atoms with van der Waals surface area (Å²) in [6.45, 7) is 2.49. The fourth-order valence-electron chi connectivity index (χ4n) is 3.29. The highest BCUT2D eigenvalue weighted by atomic mass is 35.5. The first-order valence-electron chi connectivity index (χ1n) is 9.83. The van der Waals surface area contributed by atoms with Crippen molar-refractivity contribution in [3.8, 4) is 5.75 Å². The van der Waals surface area contributed by atoms with E-state index in [2.05, 4.69) is 0 Å². The molecule has 0 N–H and O–H groups in total. The Morgan fingerprint density at radius 2 is 1.80 bits per heavy atom. The number of benzene rings is 3. The molecule has 0 bridgehead atoms. The van der Waals surface area contributed by atoms with Gasteiger partial charge >= 0.3 is 5.97 Å². The predicted molar refractivity (Wildman–Crippen MR) is 119 cm³/mol. The largest absolute Gasteiger partial charge is 0.497 e. The molecule has 0 saturated heterocycles. The van der Waals surface area contributed by atoms with Crippen molar-refractivity contribution in [2.45, 2.75) is 19.8 Å². The molecule has 3 aromatic carbocycles. The Morgan fingerprint density at radius 1 is 1.03 bits per heavy atom. The SMILES string of the molecule is CCOC(=O)CCCN(C(=O)c1ccc(Cl)cc1)c1cccc2ccc(OC)cc12. The highest BCUT2D eigenvalue weighted by Gasteiger charge is 2.20. The van der Waals surface area contributed by atoms with Crippen LogP contribution in [0.15, 0.2) is 60.7 Å². The molecule has 0 aromatic heterocycles. The molecule has 0 atom stereocenters. The average Bonchev–Trinajstić information content (AvgIpc) is 2.76. The molecule has 3 aromatic rings. The Labute approximate surface area is 181 Å². The fourth-order valence-corrected chi connectivity index (χ4v) is 3.42. The predicted octanol–water partition coefficient (Wildman–Crippen LogP) is 5.49. The number of fused-ring (bicyclic) bond motifs is 1. The van der Waals surface area contributed by atoms with Crippen LogP contribution in [0.3, 0.4) is 0 Å². The molecule has 0 heterocycles. The van der Waals surface area contributed by atoms with Crippen LogP contribution in [0.2, 0.25) is 5.02 Å². The van der Waals surface area contributed by atoms with Gasteiger partial charge in [-0.15, -0.1) is 0 Å². The molecule has 0 saturated carbocycles. The third kappa shape index (κ3) is 5.10. The maximum absolute atomic E-state index is 13.4. The Bertz CT molecular complexity index is 1030. The van der Waals surface area contributed by atoms with Crippen molar-refractivity contribution in [1.29, 1.82) is 0 Å². The van der Waals surface area contributed by atoms with Crippen molar-refractivity contribution in [3.63, 3.8) is 0 Å². The number of hydrogen-bond acceptors (Lipinski definition) is 4. The molecule has 1 amide bonds. The summed E-state index contributed by atoms with van der Waals surface area (Å²) in [5.41, 5.74) is 1.28. The second kappa shape index (κ2) is 10.1. The third-order valence-electron chi connectivity index (χ3n) is 4.76. The van der Waals surface area contributed by atoms with Crippen LogP contribution in [-0.2, 0) is 9.53 Å². The smallest absolute Gasteiger partial charge is 0.305 e. The van der Waals surface area contributed by atoms with Crippen LogP contribution in [0.25, 0.3) is 10.8 Å². The van der Waals surface area contributed by atoms with Crippen molar-refractivity contribution >= 4 is 39.9 Å². The summed E-state index contributed by atoms with van der Waals surface area (Å²) < 4.78 is 10.4. The summed E-state index contributed by atoms with van der Waals surface area (Å²) in [5, 5.41) is 2.46. The first-order chi connectivity index (χ1) is 14.5. The molecule has 0 unspecified atom stereocenters. The van der Waals surface area contributed by atoms with E-state index in [0.29, 0.717) is 35.9 Å². The molecular formula is C24H24ClNO4. The lowest BCUT2D eigenvalue weighted by molar-refractivity contribution is -0.143.